The van der Waals surface area contributed by atoms with Crippen LogP contribution in [0.2, 0.25) is 0 Å². The summed E-state index contributed by atoms with van der Waals surface area (Å²) in [5.41, 5.74) is 7.30. The smallest absolute Gasteiger partial charge is 0.128 e. The fourth-order valence-electron chi connectivity index (χ4n) is 1.63. The molecule has 2 aromatic rings. The van der Waals surface area contributed by atoms with Gasteiger partial charge >= 0.3 is 0 Å². The number of hydrogen-bond donors (Lipinski definition) is 2. The minimum absolute atomic E-state index is 0.204. The highest BCUT2D eigenvalue weighted by atomic mass is 32.1. The van der Waals surface area contributed by atoms with Crippen molar-refractivity contribution in [2.75, 3.05) is 5.32 Å². The molecule has 0 aliphatic heterocycles. The van der Waals surface area contributed by atoms with Crippen LogP contribution in [0.3, 0.4) is 0 Å². The van der Waals surface area contributed by atoms with Crippen LogP contribution in [0, 0.1) is 11.6 Å². The molecule has 0 aromatic heterocycles. The van der Waals surface area contributed by atoms with Crippen molar-refractivity contribution in [2.45, 2.75) is 6.54 Å². The number of anilines is 1. The highest BCUT2D eigenvalue weighted by molar-refractivity contribution is 7.80. The third-order valence-corrected chi connectivity index (χ3v) is 2.90. The van der Waals surface area contributed by atoms with E-state index < -0.39 is 11.6 Å². The Kier molecular flexibility index (Phi) is 4.06. The molecule has 2 nitrogen and oxygen atoms in total. The molecule has 0 aliphatic carbocycles. The molecule has 5 heteroatoms. The van der Waals surface area contributed by atoms with Crippen LogP contribution in [0.4, 0.5) is 14.5 Å². The normalized spacial score (nSPS) is 10.2. The maximum Gasteiger partial charge on any atom is 0.128 e. The molecule has 2 aromatic carbocycles. The molecule has 2 rings (SSSR count). The van der Waals surface area contributed by atoms with Gasteiger partial charge in [0, 0.05) is 23.4 Å². The lowest BCUT2D eigenvalue weighted by Gasteiger charge is -2.08. The summed E-state index contributed by atoms with van der Waals surface area (Å²) < 4.78 is 26.4. The van der Waals surface area contributed by atoms with Gasteiger partial charge in [0.25, 0.3) is 0 Å². The second-order valence-electron chi connectivity index (χ2n) is 4.03. The van der Waals surface area contributed by atoms with Gasteiger partial charge in [0.1, 0.15) is 16.6 Å². The van der Waals surface area contributed by atoms with Gasteiger partial charge in [0.15, 0.2) is 0 Å². The van der Waals surface area contributed by atoms with E-state index in [9.17, 15) is 8.78 Å². The fourth-order valence-corrected chi connectivity index (χ4v) is 1.76. The third-order valence-electron chi connectivity index (χ3n) is 2.66. The largest absolute Gasteiger partial charge is 0.389 e. The lowest BCUT2D eigenvalue weighted by Crippen LogP contribution is -2.09. The first-order chi connectivity index (χ1) is 9.06. The Morgan fingerprint density at radius 3 is 2.42 bits per heavy atom. The van der Waals surface area contributed by atoms with E-state index in [-0.39, 0.29) is 12.1 Å². The van der Waals surface area contributed by atoms with Gasteiger partial charge in [-0.2, -0.15) is 0 Å². The molecule has 0 atom stereocenters. The molecule has 19 heavy (non-hydrogen) atoms. The summed E-state index contributed by atoms with van der Waals surface area (Å²) in [6.07, 6.45) is 0. The Hall–Kier alpha value is -2.01. The molecule has 0 aliphatic rings. The third kappa shape index (κ3) is 3.48. The Balaban J connectivity index is 2.06. The first kappa shape index (κ1) is 13.4. The van der Waals surface area contributed by atoms with Crippen molar-refractivity contribution < 1.29 is 8.78 Å². The second-order valence-corrected chi connectivity index (χ2v) is 4.47. The summed E-state index contributed by atoms with van der Waals surface area (Å²) in [7, 11) is 0. The topological polar surface area (TPSA) is 38.0 Å². The number of hydrogen-bond acceptors (Lipinski definition) is 2. The van der Waals surface area contributed by atoms with Gasteiger partial charge in [0.05, 0.1) is 0 Å². The summed E-state index contributed by atoms with van der Waals surface area (Å²) in [4.78, 5) is 0.322. The van der Waals surface area contributed by atoms with Crippen molar-refractivity contribution in [3.63, 3.8) is 0 Å². The summed E-state index contributed by atoms with van der Waals surface area (Å²) in [5.74, 6) is -0.893. The van der Waals surface area contributed by atoms with E-state index in [1.54, 1.807) is 24.3 Å². The maximum absolute atomic E-state index is 13.4. The maximum atomic E-state index is 13.4. The van der Waals surface area contributed by atoms with E-state index in [2.05, 4.69) is 5.32 Å². The van der Waals surface area contributed by atoms with Gasteiger partial charge in [-0.15, -0.1) is 0 Å². The van der Waals surface area contributed by atoms with Gasteiger partial charge in [-0.1, -0.05) is 12.2 Å². The van der Waals surface area contributed by atoms with Crippen molar-refractivity contribution in [1.82, 2.24) is 0 Å². The molecular formula is C14H12F2N2S. The van der Waals surface area contributed by atoms with Gasteiger partial charge in [-0.05, 0) is 42.5 Å². The molecule has 0 saturated heterocycles. The molecule has 0 saturated carbocycles. The Morgan fingerprint density at radius 2 is 1.79 bits per heavy atom. The summed E-state index contributed by atoms with van der Waals surface area (Å²) in [5, 5.41) is 3.00. The van der Waals surface area contributed by atoms with Gasteiger partial charge < -0.3 is 11.1 Å². The van der Waals surface area contributed by atoms with Gasteiger partial charge in [0.2, 0.25) is 0 Å². The Morgan fingerprint density at radius 1 is 1.11 bits per heavy atom. The molecule has 3 N–H and O–H groups in total. The van der Waals surface area contributed by atoms with Gasteiger partial charge in [-0.3, -0.25) is 0 Å². The molecule has 0 heterocycles. The quantitative estimate of drug-likeness (QED) is 0.843. The van der Waals surface area contributed by atoms with Crippen molar-refractivity contribution in [3.05, 3.63) is 65.2 Å². The Bertz CT molecular complexity index is 597. The number of rotatable bonds is 4. The molecule has 98 valence electrons. The number of nitrogens with one attached hydrogen (secondary N) is 1. The minimum Gasteiger partial charge on any atom is -0.389 e. The van der Waals surface area contributed by atoms with Crippen LogP contribution in [0.5, 0.6) is 0 Å². The van der Waals surface area contributed by atoms with Gasteiger partial charge in [-0.25, -0.2) is 8.78 Å². The van der Waals surface area contributed by atoms with Crippen molar-refractivity contribution >= 4 is 22.9 Å². The van der Waals surface area contributed by atoms with E-state index in [0.717, 1.165) is 23.4 Å². The number of thiocarbonyl (C=S) groups is 1. The molecular weight excluding hydrogens is 266 g/mol. The zero-order chi connectivity index (χ0) is 13.8. The summed E-state index contributed by atoms with van der Waals surface area (Å²) in [6, 6.07) is 10.5. The lowest BCUT2D eigenvalue weighted by atomic mass is 10.2. The predicted octanol–water partition coefficient (Wildman–Crippen LogP) is 3.21. The van der Waals surface area contributed by atoms with Crippen molar-refractivity contribution in [2.24, 2.45) is 5.73 Å². The van der Waals surface area contributed by atoms with Crippen molar-refractivity contribution in [3.8, 4) is 0 Å². The van der Waals surface area contributed by atoms with E-state index in [1.807, 2.05) is 0 Å². The molecule has 0 bridgehead atoms. The predicted molar refractivity (Wildman–Crippen MR) is 76.0 cm³/mol. The van der Waals surface area contributed by atoms with E-state index in [0.29, 0.717) is 4.99 Å². The standard InChI is InChI=1S/C14H12F2N2S/c15-11-3-6-13(16)10(7-11)8-18-12-4-1-9(2-5-12)14(17)19/h1-7,18H,8H2,(H2,17,19). The fraction of sp³-hybridized carbons (Fsp3) is 0.0714. The minimum atomic E-state index is -0.456. The van der Waals surface area contributed by atoms with Crippen LogP contribution in [0.25, 0.3) is 0 Å². The zero-order valence-electron chi connectivity index (χ0n) is 9.99. The highest BCUT2D eigenvalue weighted by Gasteiger charge is 2.04. The number of benzene rings is 2. The van der Waals surface area contributed by atoms with E-state index in [4.69, 9.17) is 18.0 Å². The second kappa shape index (κ2) is 5.75. The average Bonchev–Trinajstić information content (AvgIpc) is 2.40. The van der Waals surface area contributed by atoms with Crippen molar-refractivity contribution in [1.29, 1.82) is 0 Å². The lowest BCUT2D eigenvalue weighted by molar-refractivity contribution is 0.587. The molecule has 0 fully saturated rings. The van der Waals surface area contributed by atoms with Crippen LogP contribution in [0.15, 0.2) is 42.5 Å². The molecule has 0 unspecified atom stereocenters. The number of halogens is 2. The average molecular weight is 278 g/mol. The first-order valence-electron chi connectivity index (χ1n) is 5.64. The molecule has 0 amide bonds. The van der Waals surface area contributed by atoms with Crippen LogP contribution in [-0.4, -0.2) is 4.99 Å². The zero-order valence-corrected chi connectivity index (χ0v) is 10.8. The summed E-state index contributed by atoms with van der Waals surface area (Å²) >= 11 is 4.84. The van der Waals surface area contributed by atoms with E-state index >= 15 is 0 Å². The highest BCUT2D eigenvalue weighted by Crippen LogP contribution is 2.14. The van der Waals surface area contributed by atoms with E-state index in [1.165, 1.54) is 6.07 Å². The monoisotopic (exact) mass is 278 g/mol. The molecule has 0 radical (unpaired) electrons. The number of nitrogens with two attached hydrogens (primary N) is 1. The first-order valence-corrected chi connectivity index (χ1v) is 6.05. The van der Waals surface area contributed by atoms with Crippen LogP contribution >= 0.6 is 12.2 Å². The SMILES string of the molecule is NC(=S)c1ccc(NCc2cc(F)ccc2F)cc1. The van der Waals surface area contributed by atoms with Crippen LogP contribution < -0.4 is 11.1 Å². The van der Waals surface area contributed by atoms with Crippen LogP contribution in [-0.2, 0) is 6.54 Å². The summed E-state index contributed by atoms with van der Waals surface area (Å²) in [6.45, 7) is 0.204. The molecule has 0 spiro atoms. The van der Waals surface area contributed by atoms with Crippen LogP contribution in [0.1, 0.15) is 11.1 Å². The Labute approximate surface area is 115 Å².